The van der Waals surface area contributed by atoms with Crippen molar-refractivity contribution in [2.24, 2.45) is 5.41 Å². The summed E-state index contributed by atoms with van der Waals surface area (Å²) < 4.78 is 7.95. The number of anilines is 3. The fourth-order valence-electron chi connectivity index (χ4n) is 9.98. The van der Waals surface area contributed by atoms with Gasteiger partial charge in [0.15, 0.2) is 5.82 Å². The van der Waals surface area contributed by atoms with E-state index in [2.05, 4.69) is 63.1 Å². The van der Waals surface area contributed by atoms with E-state index in [9.17, 15) is 9.59 Å². The number of aromatic nitrogens is 3. The van der Waals surface area contributed by atoms with E-state index < -0.39 is 11.0 Å². The van der Waals surface area contributed by atoms with Crippen molar-refractivity contribution in [2.45, 2.75) is 122 Å². The summed E-state index contributed by atoms with van der Waals surface area (Å²) in [6.07, 6.45) is 9.27. The SMILES string of the molecule is CNC(=O)c1cc(Nc2nc(-c3ccc4c(c3)N(C3CC(N5CCCC(C)(C)C5)C3)C(=O)C43CCN(C(=O)OC(C)(C)C)CC3)cc3ncn(C4CC4)c23)ccc1C. The van der Waals surface area contributed by atoms with Gasteiger partial charge in [-0.25, -0.2) is 14.8 Å². The lowest BCUT2D eigenvalue weighted by Gasteiger charge is -2.50. The number of rotatable bonds is 7. The molecular weight excluding hydrogens is 729 g/mol. The van der Waals surface area contributed by atoms with Crippen LogP contribution < -0.4 is 15.5 Å². The van der Waals surface area contributed by atoms with E-state index in [-0.39, 0.29) is 23.9 Å². The second-order valence-electron chi connectivity index (χ2n) is 19.3. The third-order valence-corrected chi connectivity index (χ3v) is 13.3. The van der Waals surface area contributed by atoms with E-state index in [0.717, 1.165) is 83.6 Å². The first-order valence-electron chi connectivity index (χ1n) is 21.3. The van der Waals surface area contributed by atoms with Crippen molar-refractivity contribution in [3.63, 3.8) is 0 Å². The number of carbonyl (C=O) groups is 3. The normalized spacial score (nSPS) is 22.8. The van der Waals surface area contributed by atoms with Crippen molar-refractivity contribution in [3.8, 4) is 11.3 Å². The van der Waals surface area contributed by atoms with Crippen LogP contribution in [-0.2, 0) is 14.9 Å². The van der Waals surface area contributed by atoms with Gasteiger partial charge in [-0.3, -0.25) is 14.5 Å². The molecule has 2 N–H and O–H groups in total. The van der Waals surface area contributed by atoms with Gasteiger partial charge in [0, 0.05) is 67.3 Å². The number of benzene rings is 2. The molecule has 12 heteroatoms. The van der Waals surface area contributed by atoms with Crippen LogP contribution in [0.5, 0.6) is 0 Å². The lowest BCUT2D eigenvalue weighted by Crippen LogP contribution is -2.59. The predicted octanol–water partition coefficient (Wildman–Crippen LogP) is 8.11. The molecule has 58 heavy (non-hydrogen) atoms. The molecule has 0 radical (unpaired) electrons. The Labute approximate surface area is 341 Å². The molecule has 3 aliphatic heterocycles. The van der Waals surface area contributed by atoms with Crippen molar-refractivity contribution >= 4 is 46.1 Å². The first-order chi connectivity index (χ1) is 27.6. The minimum absolute atomic E-state index is 0.109. The number of likely N-dealkylation sites (tertiary alicyclic amines) is 2. The van der Waals surface area contributed by atoms with Crippen LogP contribution in [0.25, 0.3) is 22.3 Å². The Morgan fingerprint density at radius 1 is 0.931 bits per heavy atom. The smallest absolute Gasteiger partial charge is 0.410 e. The number of carbonyl (C=O) groups excluding carboxylic acids is 3. The molecule has 306 valence electrons. The van der Waals surface area contributed by atoms with Gasteiger partial charge in [-0.2, -0.15) is 0 Å². The highest BCUT2D eigenvalue weighted by atomic mass is 16.6. The first kappa shape index (κ1) is 38.5. The number of piperidine rings is 2. The molecule has 2 aliphatic carbocycles. The van der Waals surface area contributed by atoms with Crippen molar-refractivity contribution in [2.75, 3.05) is 43.4 Å². The number of pyridine rings is 1. The van der Waals surface area contributed by atoms with Gasteiger partial charge >= 0.3 is 6.09 Å². The highest BCUT2D eigenvalue weighted by Gasteiger charge is 2.56. The van der Waals surface area contributed by atoms with E-state index >= 15 is 4.79 Å². The highest BCUT2D eigenvalue weighted by molar-refractivity contribution is 6.09. The number of hydrogen-bond acceptors (Lipinski definition) is 8. The van der Waals surface area contributed by atoms with Crippen LogP contribution in [-0.4, -0.2) is 93.2 Å². The molecule has 4 fully saturated rings. The summed E-state index contributed by atoms with van der Waals surface area (Å²) in [5, 5.41) is 6.32. The lowest BCUT2D eigenvalue weighted by atomic mass is 9.73. The average Bonchev–Trinajstić information content (AvgIpc) is 3.88. The van der Waals surface area contributed by atoms with Gasteiger partial charge < -0.3 is 29.7 Å². The fourth-order valence-corrected chi connectivity index (χ4v) is 9.98. The summed E-state index contributed by atoms with van der Waals surface area (Å²) in [6.45, 7) is 15.5. The Balaban J connectivity index is 1.08. The zero-order chi connectivity index (χ0) is 40.7. The number of hydrogen-bond donors (Lipinski definition) is 2. The van der Waals surface area contributed by atoms with E-state index in [1.54, 1.807) is 11.9 Å². The summed E-state index contributed by atoms with van der Waals surface area (Å²) in [5.41, 5.74) is 6.73. The Bertz CT molecular complexity index is 2290. The number of fused-ring (bicyclic) bond motifs is 3. The maximum Gasteiger partial charge on any atom is 0.410 e. The number of nitrogens with one attached hydrogen (secondary N) is 2. The molecular formula is C46H58N8O4. The molecule has 4 aromatic rings. The second-order valence-corrected chi connectivity index (χ2v) is 19.3. The van der Waals surface area contributed by atoms with Crippen molar-refractivity contribution in [1.82, 2.24) is 29.7 Å². The Kier molecular flexibility index (Phi) is 9.37. The number of amides is 3. The van der Waals surface area contributed by atoms with Gasteiger partial charge in [-0.15, -0.1) is 0 Å². The van der Waals surface area contributed by atoms with Crippen LogP contribution in [0.3, 0.4) is 0 Å². The quantitative estimate of drug-likeness (QED) is 0.193. The standard InChI is InChI=1S/C46H58N8O4/c1-28-9-11-30(22-34(28)41(55)47-7)49-40-39-37(48-27-53(39)31-12-13-31)25-36(50-40)29-10-14-35-38(21-29)54(33-23-32(24-33)52-18-8-15-45(5,6)26-52)42(56)46(35)16-19-51(20-17-46)43(57)58-44(2,3)4/h9-11,14,21-22,25,27,31-33H,8,12-13,15-20,23-24,26H2,1-7H3,(H,47,55)(H,49,50). The minimum atomic E-state index is -0.703. The van der Waals surface area contributed by atoms with E-state index in [1.807, 2.05) is 52.2 Å². The molecule has 5 heterocycles. The average molecular weight is 787 g/mol. The molecule has 2 aromatic carbocycles. The highest BCUT2D eigenvalue weighted by Crippen LogP contribution is 2.52. The number of ether oxygens (including phenoxy) is 1. The van der Waals surface area contributed by atoms with Crippen molar-refractivity contribution in [1.29, 1.82) is 0 Å². The Hall–Kier alpha value is -4.97. The van der Waals surface area contributed by atoms with Gasteiger partial charge in [-0.1, -0.05) is 32.0 Å². The summed E-state index contributed by atoms with van der Waals surface area (Å²) in [7, 11) is 1.64. The minimum Gasteiger partial charge on any atom is -0.444 e. The van der Waals surface area contributed by atoms with E-state index in [0.29, 0.717) is 54.8 Å². The molecule has 9 rings (SSSR count). The first-order valence-corrected chi connectivity index (χ1v) is 21.3. The summed E-state index contributed by atoms with van der Waals surface area (Å²) in [5.74, 6) is 0.694. The summed E-state index contributed by atoms with van der Waals surface area (Å²) in [6, 6.07) is 15.2. The van der Waals surface area contributed by atoms with Crippen molar-refractivity contribution < 1.29 is 19.1 Å². The molecule has 2 aromatic heterocycles. The summed E-state index contributed by atoms with van der Waals surface area (Å²) >= 11 is 0. The molecule has 1 spiro atoms. The summed E-state index contributed by atoms with van der Waals surface area (Å²) in [4.78, 5) is 57.6. The monoisotopic (exact) mass is 786 g/mol. The van der Waals surface area contributed by atoms with Crippen LogP contribution in [0.4, 0.5) is 22.0 Å². The Morgan fingerprint density at radius 3 is 2.38 bits per heavy atom. The van der Waals surface area contributed by atoms with Crippen LogP contribution in [0, 0.1) is 12.3 Å². The zero-order valence-corrected chi connectivity index (χ0v) is 35.2. The zero-order valence-electron chi connectivity index (χ0n) is 35.2. The molecule has 5 aliphatic rings. The maximum absolute atomic E-state index is 15.0. The van der Waals surface area contributed by atoms with Gasteiger partial charge in [0.2, 0.25) is 5.91 Å². The van der Waals surface area contributed by atoms with Crippen molar-refractivity contribution in [3.05, 3.63) is 65.5 Å². The third kappa shape index (κ3) is 6.90. The van der Waals surface area contributed by atoms with Gasteiger partial charge in [0.25, 0.3) is 5.91 Å². The molecule has 0 bridgehead atoms. The molecule has 12 nitrogen and oxygen atoms in total. The van der Waals surface area contributed by atoms with Crippen LogP contribution in [0.2, 0.25) is 0 Å². The molecule has 0 atom stereocenters. The number of nitrogens with zero attached hydrogens (tertiary/aromatic N) is 6. The van der Waals surface area contributed by atoms with Crippen LogP contribution in [0.1, 0.15) is 114 Å². The maximum atomic E-state index is 15.0. The third-order valence-electron chi connectivity index (χ3n) is 13.3. The fraction of sp³-hybridized carbons (Fsp3) is 0.543. The van der Waals surface area contributed by atoms with Gasteiger partial charge in [0.1, 0.15) is 11.1 Å². The van der Waals surface area contributed by atoms with Gasteiger partial charge in [-0.05, 0) is 126 Å². The molecule has 3 amide bonds. The Morgan fingerprint density at radius 2 is 1.69 bits per heavy atom. The topological polar surface area (TPSA) is 125 Å². The molecule has 2 saturated heterocycles. The van der Waals surface area contributed by atoms with Crippen LogP contribution >= 0.6 is 0 Å². The van der Waals surface area contributed by atoms with Gasteiger partial charge in [0.05, 0.1) is 23.0 Å². The number of imidazole rings is 1. The molecule has 2 saturated carbocycles. The van der Waals surface area contributed by atoms with Crippen LogP contribution in [0.15, 0.2) is 48.8 Å². The molecule has 0 unspecified atom stereocenters. The number of aryl methyl sites for hydroxylation is 1. The second kappa shape index (κ2) is 14.1. The van der Waals surface area contributed by atoms with E-state index in [4.69, 9.17) is 14.7 Å². The largest absolute Gasteiger partial charge is 0.444 e. The lowest BCUT2D eigenvalue weighted by molar-refractivity contribution is -0.126. The predicted molar refractivity (Wildman–Crippen MR) is 227 cm³/mol. The van der Waals surface area contributed by atoms with E-state index in [1.165, 1.54) is 12.8 Å².